The molecule has 0 atom stereocenters. The van der Waals surface area contributed by atoms with E-state index in [1.165, 1.54) is 62.1 Å². The van der Waals surface area contributed by atoms with Crippen LogP contribution in [-0.2, 0) is 0 Å². The molecule has 16 rings (SSSR count). The number of hydrogen-bond donors (Lipinski definition) is 0. The van der Waals surface area contributed by atoms with Crippen molar-refractivity contribution in [3.05, 3.63) is 504 Å². The molecule has 0 radical (unpaired) electrons. The van der Waals surface area contributed by atoms with Crippen molar-refractivity contribution in [2.24, 2.45) is 0 Å². The van der Waals surface area contributed by atoms with Gasteiger partial charge in [0.15, 0.2) is 0 Å². The molecule has 0 nitrogen and oxygen atoms in total. The molecular formula is C104H76Ge. The van der Waals surface area contributed by atoms with Gasteiger partial charge in [-0.3, -0.25) is 0 Å². The van der Waals surface area contributed by atoms with Crippen LogP contribution < -0.4 is 17.6 Å². The fraction of sp³-hybridized carbons (Fsp3) is 0. The fourth-order valence-electron chi connectivity index (χ4n) is 14.7. The SMILES string of the molecule is C(=C(/c1ccccc1)c1cc[c]([Ge]([c]2ccc(/C(=C/c3ccc(-c4ccccc4)cc3)c3ccccc3)cc2)([c]2ccc(/C(=C/c3ccc(-c4ccccc4)cc3)c3ccccc3)cc2)[c]2ccc(/C(=C/c3ccc(-c4ccccc4)cc3)c3ccccc3)cc2)cc1)/c1ccc(-c2ccccc2)cc1. The summed E-state index contributed by atoms with van der Waals surface area (Å²) in [6.07, 6.45) is 9.41. The van der Waals surface area contributed by atoms with Crippen LogP contribution in [0.5, 0.6) is 0 Å². The van der Waals surface area contributed by atoms with Gasteiger partial charge in [0.25, 0.3) is 0 Å². The summed E-state index contributed by atoms with van der Waals surface area (Å²) in [7, 11) is 0. The van der Waals surface area contributed by atoms with E-state index in [0.29, 0.717) is 0 Å². The van der Waals surface area contributed by atoms with Gasteiger partial charge in [-0.1, -0.05) is 72.8 Å². The van der Waals surface area contributed by atoms with Crippen LogP contribution in [-0.4, -0.2) is 13.3 Å². The molecule has 496 valence electrons. The molecule has 1 heteroatoms. The molecule has 0 aliphatic carbocycles. The van der Waals surface area contributed by atoms with Crippen LogP contribution in [0.15, 0.2) is 437 Å². The minimum atomic E-state index is -4.25. The van der Waals surface area contributed by atoms with Gasteiger partial charge in [0.05, 0.1) is 0 Å². The third kappa shape index (κ3) is 15.0. The maximum atomic E-state index is 2.47. The van der Waals surface area contributed by atoms with E-state index in [0.717, 1.165) is 89.1 Å². The van der Waals surface area contributed by atoms with Gasteiger partial charge in [-0.25, -0.2) is 0 Å². The standard InChI is InChI=1S/C104H76Ge/c1-9-25-81(26-10-1)85-49-41-77(42-50-85)73-101(89-33-17-5-18-34-89)93-57-65-97(66-58-93)105(98-67-59-94(60-68-98)102(90-35-19-6-20-36-90)74-78-43-51-86(52-44-78)82-27-11-2-12-28-82,99-69-61-95(62-70-99)103(91-37-21-7-22-38-91)75-79-45-53-87(54-46-79)83-29-13-3-14-30-83)100-71-63-96(64-72-100)104(92-39-23-8-24-40-92)76-80-47-55-88(56-48-80)84-31-15-4-16-32-84/h1-76H/b101-73+,102-74+,103-75+,104-76+. The molecule has 0 aliphatic heterocycles. The fourth-order valence-corrected chi connectivity index (χ4v) is 24.5. The monoisotopic (exact) mass is 1400 g/mol. The zero-order valence-electron chi connectivity index (χ0n) is 58.4. The van der Waals surface area contributed by atoms with Gasteiger partial charge in [-0.15, -0.1) is 0 Å². The van der Waals surface area contributed by atoms with Crippen LogP contribution in [0.25, 0.3) is 91.1 Å². The predicted octanol–water partition coefficient (Wildman–Crippen LogP) is 24.1. The third-order valence-electron chi connectivity index (χ3n) is 20.2. The molecule has 0 spiro atoms. The van der Waals surface area contributed by atoms with E-state index in [-0.39, 0.29) is 0 Å². The molecule has 0 unspecified atom stereocenters. The van der Waals surface area contributed by atoms with Crippen LogP contribution >= 0.6 is 0 Å². The molecule has 105 heavy (non-hydrogen) atoms. The van der Waals surface area contributed by atoms with Crippen LogP contribution in [0.2, 0.25) is 0 Å². The topological polar surface area (TPSA) is 0 Å². The molecule has 0 fully saturated rings. The average Bonchev–Trinajstić information content (AvgIpc) is 0.725. The summed E-state index contributed by atoms with van der Waals surface area (Å²) in [5.41, 5.74) is 28.0. The van der Waals surface area contributed by atoms with Crippen LogP contribution in [0.3, 0.4) is 0 Å². The number of hydrogen-bond acceptors (Lipinski definition) is 0. The first-order valence-electron chi connectivity index (χ1n) is 36.2. The second-order valence-electron chi connectivity index (χ2n) is 26.7. The third-order valence-corrected chi connectivity index (χ3v) is 30.2. The minimum absolute atomic E-state index is 1.14. The molecule has 16 aromatic carbocycles. The first kappa shape index (κ1) is 66.6. The van der Waals surface area contributed by atoms with E-state index >= 15 is 0 Å². The van der Waals surface area contributed by atoms with Gasteiger partial charge < -0.3 is 0 Å². The normalized spacial score (nSPS) is 12.0. The van der Waals surface area contributed by atoms with Gasteiger partial charge in [0.2, 0.25) is 0 Å². The van der Waals surface area contributed by atoms with Crippen molar-refractivity contribution >= 4 is 77.4 Å². The molecular weight excluding hydrogens is 1320 g/mol. The molecule has 0 N–H and O–H groups in total. The quantitative estimate of drug-likeness (QED) is 0.0527. The number of rotatable bonds is 20. The van der Waals surface area contributed by atoms with E-state index in [4.69, 9.17) is 0 Å². The summed E-state index contributed by atoms with van der Waals surface area (Å²) in [6.45, 7) is 0. The van der Waals surface area contributed by atoms with Crippen LogP contribution in [0.1, 0.15) is 66.8 Å². The molecule has 0 heterocycles. The van der Waals surface area contributed by atoms with Crippen molar-refractivity contribution in [1.82, 2.24) is 0 Å². The first-order chi connectivity index (χ1) is 52.0. The molecule has 0 aliphatic rings. The Balaban J connectivity index is 0.885. The van der Waals surface area contributed by atoms with Crippen molar-refractivity contribution < 1.29 is 0 Å². The Morgan fingerprint density at radius 1 is 0.133 bits per heavy atom. The number of benzene rings is 16. The zero-order valence-corrected chi connectivity index (χ0v) is 60.5. The maximum absolute atomic E-state index is 4.25. The Kier molecular flexibility index (Phi) is 20.0. The summed E-state index contributed by atoms with van der Waals surface area (Å²) in [5, 5.41) is 0. The van der Waals surface area contributed by atoms with Gasteiger partial charge >= 0.3 is 553 Å². The van der Waals surface area contributed by atoms with Gasteiger partial charge in [-0.05, 0) is 0 Å². The average molecular weight is 1400 g/mol. The summed E-state index contributed by atoms with van der Waals surface area (Å²) in [5.74, 6) is 0. The predicted molar refractivity (Wildman–Crippen MR) is 451 cm³/mol. The van der Waals surface area contributed by atoms with E-state index in [9.17, 15) is 0 Å². The summed E-state index contributed by atoms with van der Waals surface area (Å²) in [6, 6.07) is 161. The second-order valence-corrected chi connectivity index (χ2v) is 34.7. The van der Waals surface area contributed by atoms with Crippen molar-refractivity contribution in [3.8, 4) is 44.5 Å². The molecule has 0 saturated heterocycles. The Hall–Kier alpha value is -13.0. The van der Waals surface area contributed by atoms with E-state index in [2.05, 4.69) is 461 Å². The van der Waals surface area contributed by atoms with Crippen molar-refractivity contribution in [3.63, 3.8) is 0 Å². The summed E-state index contributed by atoms with van der Waals surface area (Å²) < 4.78 is 5.27. The molecule has 0 aromatic heterocycles. The zero-order chi connectivity index (χ0) is 70.4. The Bertz CT molecular complexity index is 4910. The molecule has 0 bridgehead atoms. The van der Waals surface area contributed by atoms with Crippen molar-refractivity contribution in [2.75, 3.05) is 0 Å². The van der Waals surface area contributed by atoms with E-state index < -0.39 is 13.3 Å². The molecule has 16 aromatic rings. The summed E-state index contributed by atoms with van der Waals surface area (Å²) >= 11 is -4.25. The Morgan fingerprint density at radius 2 is 0.276 bits per heavy atom. The Morgan fingerprint density at radius 3 is 0.448 bits per heavy atom. The molecule has 0 saturated carbocycles. The molecule has 0 amide bonds. The second kappa shape index (κ2) is 31.5. The van der Waals surface area contributed by atoms with Crippen molar-refractivity contribution in [1.29, 1.82) is 0 Å². The van der Waals surface area contributed by atoms with Crippen molar-refractivity contribution in [2.45, 2.75) is 0 Å². The first-order valence-corrected chi connectivity index (χ1v) is 40.4. The van der Waals surface area contributed by atoms with Crippen LogP contribution in [0.4, 0.5) is 0 Å². The summed E-state index contributed by atoms with van der Waals surface area (Å²) in [4.78, 5) is 0. The van der Waals surface area contributed by atoms with Gasteiger partial charge in [-0.2, -0.15) is 0 Å². The Labute approximate surface area is 621 Å². The van der Waals surface area contributed by atoms with Gasteiger partial charge in [0, 0.05) is 0 Å². The van der Waals surface area contributed by atoms with Crippen LogP contribution in [0, 0.1) is 0 Å². The van der Waals surface area contributed by atoms with E-state index in [1.807, 2.05) is 0 Å². The van der Waals surface area contributed by atoms with Gasteiger partial charge in [0.1, 0.15) is 0 Å². The van der Waals surface area contributed by atoms with E-state index in [1.54, 1.807) is 0 Å².